The topological polar surface area (TPSA) is 41.8 Å². The fraction of sp³-hybridized carbons (Fsp3) is 0.154. The minimum absolute atomic E-state index is 0.339. The van der Waals surface area contributed by atoms with Crippen molar-refractivity contribution in [3.8, 4) is 5.75 Å². The number of hydrogen-bond acceptors (Lipinski definition) is 4. The molecule has 1 aromatic heterocycles. The first-order valence-electron chi connectivity index (χ1n) is 5.44. The van der Waals surface area contributed by atoms with E-state index in [0.717, 1.165) is 9.35 Å². The monoisotopic (exact) mass is 343 g/mol. The SMILES string of the molecule is C/C(=N/O)c1ccc(F)cc1OCc1cc(Br)cs1. The molecule has 0 aliphatic carbocycles. The molecular formula is C13H11BrFNO2S. The molecule has 0 amide bonds. The Balaban J connectivity index is 2.21. The van der Waals surface area contributed by atoms with Crippen molar-refractivity contribution in [2.45, 2.75) is 13.5 Å². The molecule has 0 bridgehead atoms. The van der Waals surface area contributed by atoms with E-state index < -0.39 is 5.82 Å². The molecule has 0 saturated carbocycles. The lowest BCUT2D eigenvalue weighted by Crippen LogP contribution is -2.02. The fourth-order valence-electron chi connectivity index (χ4n) is 1.55. The van der Waals surface area contributed by atoms with E-state index in [2.05, 4.69) is 21.1 Å². The van der Waals surface area contributed by atoms with Gasteiger partial charge in [0.2, 0.25) is 0 Å². The van der Waals surface area contributed by atoms with Gasteiger partial charge in [0.05, 0.1) is 5.71 Å². The molecule has 100 valence electrons. The largest absolute Gasteiger partial charge is 0.487 e. The van der Waals surface area contributed by atoms with E-state index in [-0.39, 0.29) is 0 Å². The average molecular weight is 344 g/mol. The zero-order valence-electron chi connectivity index (χ0n) is 10.1. The maximum absolute atomic E-state index is 13.3. The van der Waals surface area contributed by atoms with Crippen LogP contribution in [0.3, 0.4) is 0 Å². The summed E-state index contributed by atoms with van der Waals surface area (Å²) < 4.78 is 19.8. The highest BCUT2D eigenvalue weighted by atomic mass is 79.9. The van der Waals surface area contributed by atoms with Crippen LogP contribution in [-0.2, 0) is 6.61 Å². The van der Waals surface area contributed by atoms with E-state index in [4.69, 9.17) is 9.94 Å². The third-order valence-electron chi connectivity index (χ3n) is 2.48. The maximum atomic E-state index is 13.3. The Morgan fingerprint density at radius 2 is 2.26 bits per heavy atom. The predicted molar refractivity (Wildman–Crippen MR) is 76.7 cm³/mol. The number of oxime groups is 1. The average Bonchev–Trinajstić information content (AvgIpc) is 2.81. The highest BCUT2D eigenvalue weighted by molar-refractivity contribution is 9.10. The molecule has 0 unspecified atom stereocenters. The van der Waals surface area contributed by atoms with E-state index >= 15 is 0 Å². The molecule has 1 N–H and O–H groups in total. The predicted octanol–water partition coefficient (Wildman–Crippen LogP) is 4.43. The van der Waals surface area contributed by atoms with Crippen LogP contribution in [0.2, 0.25) is 0 Å². The summed E-state index contributed by atoms with van der Waals surface area (Å²) in [6.45, 7) is 1.97. The first-order chi connectivity index (χ1) is 9.10. The van der Waals surface area contributed by atoms with E-state index in [1.807, 2.05) is 11.4 Å². The normalized spacial score (nSPS) is 11.6. The molecule has 0 atom stereocenters. The summed E-state index contributed by atoms with van der Waals surface area (Å²) in [5.74, 6) is -0.0309. The van der Waals surface area contributed by atoms with Crippen LogP contribution < -0.4 is 4.74 Å². The van der Waals surface area contributed by atoms with Crippen molar-refractivity contribution in [1.29, 1.82) is 0 Å². The summed E-state index contributed by atoms with van der Waals surface area (Å²) in [7, 11) is 0. The molecule has 0 saturated heterocycles. The Bertz CT molecular complexity index is 612. The Hall–Kier alpha value is -1.40. The highest BCUT2D eigenvalue weighted by Crippen LogP contribution is 2.25. The van der Waals surface area contributed by atoms with Crippen molar-refractivity contribution in [2.24, 2.45) is 5.16 Å². The summed E-state index contributed by atoms with van der Waals surface area (Å²) in [5, 5.41) is 13.9. The van der Waals surface area contributed by atoms with Crippen LogP contribution in [-0.4, -0.2) is 10.9 Å². The lowest BCUT2D eigenvalue weighted by molar-refractivity contribution is 0.305. The summed E-state index contributed by atoms with van der Waals surface area (Å²) in [4.78, 5) is 1.01. The van der Waals surface area contributed by atoms with Gasteiger partial charge in [-0.05, 0) is 41.1 Å². The molecule has 1 aromatic carbocycles. The van der Waals surface area contributed by atoms with E-state index in [0.29, 0.717) is 23.6 Å². The number of thiophene rings is 1. The van der Waals surface area contributed by atoms with Crippen LogP contribution in [0.4, 0.5) is 4.39 Å². The third kappa shape index (κ3) is 3.54. The maximum Gasteiger partial charge on any atom is 0.131 e. The van der Waals surface area contributed by atoms with Crippen molar-refractivity contribution in [2.75, 3.05) is 0 Å². The highest BCUT2D eigenvalue weighted by Gasteiger charge is 2.10. The van der Waals surface area contributed by atoms with Crippen LogP contribution >= 0.6 is 27.3 Å². The van der Waals surface area contributed by atoms with Gasteiger partial charge in [-0.3, -0.25) is 0 Å². The second-order valence-corrected chi connectivity index (χ2v) is 5.76. The second-order valence-electron chi connectivity index (χ2n) is 3.85. The van der Waals surface area contributed by atoms with Crippen LogP contribution in [0.25, 0.3) is 0 Å². The van der Waals surface area contributed by atoms with E-state index in [1.165, 1.54) is 18.2 Å². The lowest BCUT2D eigenvalue weighted by atomic mass is 10.1. The Morgan fingerprint density at radius 3 is 2.89 bits per heavy atom. The summed E-state index contributed by atoms with van der Waals surface area (Å²) in [5.41, 5.74) is 0.946. The van der Waals surface area contributed by atoms with Gasteiger partial charge in [0.1, 0.15) is 18.2 Å². The van der Waals surface area contributed by atoms with Crippen molar-refractivity contribution in [3.63, 3.8) is 0 Å². The molecule has 0 spiro atoms. The van der Waals surface area contributed by atoms with Crippen LogP contribution in [0.1, 0.15) is 17.4 Å². The molecule has 2 rings (SSSR count). The van der Waals surface area contributed by atoms with Crippen molar-refractivity contribution in [1.82, 2.24) is 0 Å². The Labute approximate surface area is 122 Å². The molecule has 6 heteroatoms. The number of halogens is 2. The van der Waals surface area contributed by atoms with E-state index in [1.54, 1.807) is 18.3 Å². The number of hydrogen-bond donors (Lipinski definition) is 1. The summed E-state index contributed by atoms with van der Waals surface area (Å²) in [6, 6.07) is 6.06. The molecule has 0 aliphatic heterocycles. The summed E-state index contributed by atoms with van der Waals surface area (Å²) >= 11 is 4.91. The smallest absolute Gasteiger partial charge is 0.131 e. The number of nitrogens with zero attached hydrogens (tertiary/aromatic N) is 1. The van der Waals surface area contributed by atoms with Crippen molar-refractivity contribution in [3.05, 3.63) is 50.4 Å². The molecule has 0 aliphatic rings. The van der Waals surface area contributed by atoms with Crippen LogP contribution in [0.15, 0.2) is 39.3 Å². The number of ether oxygens (including phenoxy) is 1. The van der Waals surface area contributed by atoms with Gasteiger partial charge in [-0.2, -0.15) is 0 Å². The van der Waals surface area contributed by atoms with Gasteiger partial charge in [0.15, 0.2) is 0 Å². The molecular weight excluding hydrogens is 333 g/mol. The first kappa shape index (κ1) is 14.0. The van der Waals surface area contributed by atoms with Crippen molar-refractivity contribution < 1.29 is 14.3 Å². The molecule has 0 fully saturated rings. The second kappa shape index (κ2) is 6.16. The molecule has 1 heterocycles. The lowest BCUT2D eigenvalue weighted by Gasteiger charge is -2.10. The molecule has 2 aromatic rings. The Morgan fingerprint density at radius 1 is 1.47 bits per heavy atom. The first-order valence-corrected chi connectivity index (χ1v) is 7.11. The Kier molecular flexibility index (Phi) is 4.55. The fourth-order valence-corrected chi connectivity index (χ4v) is 2.91. The minimum atomic E-state index is -0.392. The van der Waals surface area contributed by atoms with Crippen LogP contribution in [0, 0.1) is 5.82 Å². The van der Waals surface area contributed by atoms with Gasteiger partial charge in [-0.25, -0.2) is 4.39 Å². The molecule has 19 heavy (non-hydrogen) atoms. The number of benzene rings is 1. The van der Waals surface area contributed by atoms with Crippen LogP contribution in [0.5, 0.6) is 5.75 Å². The van der Waals surface area contributed by atoms with Gasteiger partial charge >= 0.3 is 0 Å². The minimum Gasteiger partial charge on any atom is -0.487 e. The van der Waals surface area contributed by atoms with E-state index in [9.17, 15) is 4.39 Å². The van der Waals surface area contributed by atoms with Gasteiger partial charge in [-0.15, -0.1) is 11.3 Å². The van der Waals surface area contributed by atoms with Crippen molar-refractivity contribution >= 4 is 33.0 Å². The number of rotatable bonds is 4. The summed E-state index contributed by atoms with van der Waals surface area (Å²) in [6.07, 6.45) is 0. The van der Waals surface area contributed by atoms with Gasteiger partial charge < -0.3 is 9.94 Å². The third-order valence-corrected chi connectivity index (χ3v) is 4.15. The molecule has 3 nitrogen and oxygen atoms in total. The van der Waals surface area contributed by atoms with Gasteiger partial charge in [0.25, 0.3) is 0 Å². The molecule has 0 radical (unpaired) electrons. The zero-order chi connectivity index (χ0) is 13.8. The zero-order valence-corrected chi connectivity index (χ0v) is 12.5. The quantitative estimate of drug-likeness (QED) is 0.507. The standard InChI is InChI=1S/C13H11BrFNO2S/c1-8(16-17)12-3-2-10(15)5-13(12)18-6-11-4-9(14)7-19-11/h2-5,7,17H,6H2,1H3/b16-8-. The van der Waals surface area contributed by atoms with Gasteiger partial charge in [0, 0.05) is 26.4 Å². The van der Waals surface area contributed by atoms with Gasteiger partial charge in [-0.1, -0.05) is 5.16 Å².